The lowest BCUT2D eigenvalue weighted by Crippen LogP contribution is -2.50. The molecular formula is C24H33N3O2. The molecule has 3 heterocycles. The first kappa shape index (κ1) is 19.1. The highest BCUT2D eigenvalue weighted by atomic mass is 16.6. The molecule has 5 nitrogen and oxygen atoms in total. The van der Waals surface area contributed by atoms with E-state index in [0.717, 1.165) is 57.8 Å². The van der Waals surface area contributed by atoms with Crippen LogP contribution in [0.3, 0.4) is 0 Å². The van der Waals surface area contributed by atoms with Crippen LogP contribution < -0.4 is 4.90 Å². The van der Waals surface area contributed by atoms with Gasteiger partial charge in [0.1, 0.15) is 11.9 Å². The highest BCUT2D eigenvalue weighted by Crippen LogP contribution is 2.56. The molecule has 2 saturated carbocycles. The van der Waals surface area contributed by atoms with Gasteiger partial charge in [-0.3, -0.25) is 9.69 Å². The number of rotatable bonds is 3. The second-order valence-electron chi connectivity index (χ2n) is 9.88. The third kappa shape index (κ3) is 3.48. The molecule has 5 atom stereocenters. The number of carbonyl (C=O) groups is 1. The summed E-state index contributed by atoms with van der Waals surface area (Å²) in [7, 11) is 0. The molecule has 0 N–H and O–H groups in total. The SMILES string of the molecule is C=C1CCC[C@]2(C)C[C@H]3OC(=O)[C@H](CN4CCN(c5ccccn5)CC4)[C@H]3C[C@@H]12. The molecule has 0 unspecified atom stereocenters. The zero-order valence-corrected chi connectivity index (χ0v) is 17.6. The van der Waals surface area contributed by atoms with Crippen molar-refractivity contribution in [1.29, 1.82) is 0 Å². The Morgan fingerprint density at radius 3 is 2.86 bits per heavy atom. The average molecular weight is 396 g/mol. The topological polar surface area (TPSA) is 45.7 Å². The van der Waals surface area contributed by atoms with E-state index in [-0.39, 0.29) is 23.4 Å². The van der Waals surface area contributed by atoms with Crippen LogP contribution in [0.5, 0.6) is 0 Å². The van der Waals surface area contributed by atoms with Gasteiger partial charge in [-0.15, -0.1) is 0 Å². The summed E-state index contributed by atoms with van der Waals surface area (Å²) < 4.78 is 5.94. The fourth-order valence-electron chi connectivity index (χ4n) is 6.44. The smallest absolute Gasteiger partial charge is 0.310 e. The summed E-state index contributed by atoms with van der Waals surface area (Å²) in [4.78, 5) is 22.1. The van der Waals surface area contributed by atoms with Gasteiger partial charge in [0.25, 0.3) is 0 Å². The molecule has 0 amide bonds. The Labute approximate surface area is 174 Å². The number of ether oxygens (including phenoxy) is 1. The van der Waals surface area contributed by atoms with Crippen molar-refractivity contribution < 1.29 is 9.53 Å². The summed E-state index contributed by atoms with van der Waals surface area (Å²) in [6, 6.07) is 6.07. The van der Waals surface area contributed by atoms with Gasteiger partial charge in [-0.1, -0.05) is 25.1 Å². The van der Waals surface area contributed by atoms with Crippen LogP contribution >= 0.6 is 0 Å². The van der Waals surface area contributed by atoms with E-state index in [4.69, 9.17) is 4.74 Å². The maximum atomic E-state index is 12.8. The first-order valence-electron chi connectivity index (χ1n) is 11.3. The maximum Gasteiger partial charge on any atom is 0.310 e. The third-order valence-corrected chi connectivity index (χ3v) is 8.12. The lowest BCUT2D eigenvalue weighted by atomic mass is 9.55. The zero-order valence-electron chi connectivity index (χ0n) is 17.6. The van der Waals surface area contributed by atoms with Gasteiger partial charge in [0.05, 0.1) is 5.92 Å². The van der Waals surface area contributed by atoms with Gasteiger partial charge in [0.15, 0.2) is 0 Å². The van der Waals surface area contributed by atoms with E-state index in [1.165, 1.54) is 18.4 Å². The Hall–Kier alpha value is -1.88. The van der Waals surface area contributed by atoms with E-state index < -0.39 is 0 Å². The molecule has 5 rings (SSSR count). The Balaban J connectivity index is 1.23. The average Bonchev–Trinajstić information content (AvgIpc) is 3.01. The molecule has 1 aromatic rings. The van der Waals surface area contributed by atoms with E-state index in [0.29, 0.717) is 11.8 Å². The number of nitrogens with zero attached hydrogens (tertiary/aromatic N) is 3. The number of allylic oxidation sites excluding steroid dienone is 1. The summed E-state index contributed by atoms with van der Waals surface area (Å²) in [6.45, 7) is 11.5. The van der Waals surface area contributed by atoms with Crippen LogP contribution in [0, 0.1) is 23.2 Å². The summed E-state index contributed by atoms with van der Waals surface area (Å²) in [5, 5.41) is 0. The van der Waals surface area contributed by atoms with Crippen LogP contribution in [-0.2, 0) is 9.53 Å². The number of carbonyl (C=O) groups excluding carboxylic acids is 1. The molecule has 0 radical (unpaired) electrons. The van der Waals surface area contributed by atoms with Crippen LogP contribution in [-0.4, -0.2) is 54.7 Å². The van der Waals surface area contributed by atoms with Crippen LogP contribution in [0.4, 0.5) is 5.82 Å². The molecule has 0 aromatic carbocycles. The monoisotopic (exact) mass is 395 g/mol. The maximum absolute atomic E-state index is 12.8. The number of pyridine rings is 1. The molecule has 0 bridgehead atoms. The predicted octanol–water partition coefficient (Wildman–Crippen LogP) is 3.52. The molecule has 0 spiro atoms. The first-order valence-corrected chi connectivity index (χ1v) is 11.3. The second-order valence-corrected chi connectivity index (χ2v) is 9.88. The Bertz CT molecular complexity index is 774. The van der Waals surface area contributed by atoms with Crippen molar-refractivity contribution in [3.8, 4) is 0 Å². The fourth-order valence-corrected chi connectivity index (χ4v) is 6.44. The minimum Gasteiger partial charge on any atom is -0.462 e. The van der Waals surface area contributed by atoms with E-state index in [9.17, 15) is 4.79 Å². The van der Waals surface area contributed by atoms with Crippen LogP contribution in [0.15, 0.2) is 36.5 Å². The second kappa shape index (κ2) is 7.42. The highest BCUT2D eigenvalue weighted by molar-refractivity contribution is 5.75. The van der Waals surface area contributed by atoms with Crippen molar-refractivity contribution in [3.05, 3.63) is 36.5 Å². The largest absolute Gasteiger partial charge is 0.462 e. The number of fused-ring (bicyclic) bond motifs is 2. The molecule has 2 aliphatic heterocycles. The van der Waals surface area contributed by atoms with E-state index >= 15 is 0 Å². The number of esters is 1. The van der Waals surface area contributed by atoms with E-state index in [2.05, 4.69) is 34.4 Å². The van der Waals surface area contributed by atoms with Gasteiger partial charge in [0.2, 0.25) is 0 Å². The van der Waals surface area contributed by atoms with Crippen LogP contribution in [0.1, 0.15) is 39.0 Å². The minimum atomic E-state index is 0.0284. The quantitative estimate of drug-likeness (QED) is 0.579. The van der Waals surface area contributed by atoms with Gasteiger partial charge in [-0.05, 0) is 55.6 Å². The molecule has 4 aliphatic rings. The molecule has 4 fully saturated rings. The summed E-state index contributed by atoms with van der Waals surface area (Å²) in [6.07, 6.45) is 7.73. The van der Waals surface area contributed by atoms with E-state index in [1.807, 2.05) is 18.3 Å². The molecule has 2 saturated heterocycles. The zero-order chi connectivity index (χ0) is 20.0. The molecule has 2 aliphatic carbocycles. The number of aromatic nitrogens is 1. The minimum absolute atomic E-state index is 0.0284. The van der Waals surface area contributed by atoms with Gasteiger partial charge < -0.3 is 9.64 Å². The predicted molar refractivity (Wildman–Crippen MR) is 114 cm³/mol. The van der Waals surface area contributed by atoms with Crippen molar-refractivity contribution in [3.63, 3.8) is 0 Å². The fraction of sp³-hybridized carbons (Fsp3) is 0.667. The van der Waals surface area contributed by atoms with Crippen molar-refractivity contribution in [1.82, 2.24) is 9.88 Å². The first-order chi connectivity index (χ1) is 14.0. The normalized spacial score (nSPS) is 37.8. The van der Waals surface area contributed by atoms with Crippen molar-refractivity contribution in [2.24, 2.45) is 23.2 Å². The molecule has 156 valence electrons. The van der Waals surface area contributed by atoms with Crippen molar-refractivity contribution in [2.45, 2.75) is 45.1 Å². The lowest BCUT2D eigenvalue weighted by Gasteiger charge is -2.50. The Morgan fingerprint density at radius 2 is 2.10 bits per heavy atom. The van der Waals surface area contributed by atoms with Gasteiger partial charge >= 0.3 is 5.97 Å². The highest BCUT2D eigenvalue weighted by Gasteiger charge is 2.55. The summed E-state index contributed by atoms with van der Waals surface area (Å²) in [5.74, 6) is 2.05. The number of piperazine rings is 1. The lowest BCUT2D eigenvalue weighted by molar-refractivity contribution is -0.146. The van der Waals surface area contributed by atoms with Crippen LogP contribution in [0.2, 0.25) is 0 Å². The molecule has 1 aromatic heterocycles. The van der Waals surface area contributed by atoms with Gasteiger partial charge in [-0.25, -0.2) is 4.98 Å². The van der Waals surface area contributed by atoms with Gasteiger partial charge in [-0.2, -0.15) is 0 Å². The molecule has 29 heavy (non-hydrogen) atoms. The summed E-state index contributed by atoms with van der Waals surface area (Å²) in [5.41, 5.74) is 1.69. The van der Waals surface area contributed by atoms with Crippen LogP contribution in [0.25, 0.3) is 0 Å². The van der Waals surface area contributed by atoms with E-state index in [1.54, 1.807) is 0 Å². The molecule has 5 heteroatoms. The molecular weight excluding hydrogens is 362 g/mol. The standard InChI is InChI=1S/C24H33N3O2/c1-17-6-5-8-24(2)15-21-18(14-20(17)24)19(23(28)29-21)16-26-10-12-27(13-11-26)22-7-3-4-9-25-22/h3-4,7,9,18-21H,1,5-6,8,10-16H2,2H3/t18-,19-,20+,21-,24-/m1/s1. The third-order valence-electron chi connectivity index (χ3n) is 8.12. The van der Waals surface area contributed by atoms with Gasteiger partial charge in [0, 0.05) is 44.8 Å². The Morgan fingerprint density at radius 1 is 1.28 bits per heavy atom. The number of anilines is 1. The summed E-state index contributed by atoms with van der Waals surface area (Å²) >= 11 is 0. The van der Waals surface area contributed by atoms with Crippen molar-refractivity contribution >= 4 is 11.8 Å². The number of hydrogen-bond acceptors (Lipinski definition) is 5. The van der Waals surface area contributed by atoms with Crippen molar-refractivity contribution in [2.75, 3.05) is 37.6 Å². The Kier molecular flexibility index (Phi) is 4.89. The number of hydrogen-bond donors (Lipinski definition) is 0.